The second kappa shape index (κ2) is 12.1. The summed E-state index contributed by atoms with van der Waals surface area (Å²) in [6.45, 7) is 12.0. The molecule has 3 aliphatic rings. The Morgan fingerprint density at radius 2 is 1.52 bits per heavy atom. The predicted octanol–water partition coefficient (Wildman–Crippen LogP) is 5.11. The summed E-state index contributed by atoms with van der Waals surface area (Å²) in [5.74, 6) is -1.75. The molecule has 3 aliphatic heterocycles. The van der Waals surface area contributed by atoms with Crippen molar-refractivity contribution < 1.29 is 29.4 Å². The number of carbonyl (C=O) groups excluding carboxylic acids is 2. The Balaban J connectivity index is 1.51. The lowest BCUT2D eigenvalue weighted by Gasteiger charge is -2.18. The number of amides is 2. The zero-order chi connectivity index (χ0) is 32.1. The van der Waals surface area contributed by atoms with Crippen molar-refractivity contribution in [1.82, 2.24) is 15.3 Å². The predicted molar refractivity (Wildman–Crippen MR) is 169 cm³/mol. The van der Waals surface area contributed by atoms with Crippen LogP contribution in [0.2, 0.25) is 0 Å². The smallest absolute Gasteiger partial charge is 0.303 e. The number of hydrogen-bond acceptors (Lipinski definition) is 5. The van der Waals surface area contributed by atoms with Crippen molar-refractivity contribution >= 4 is 41.2 Å². The lowest BCUT2D eigenvalue weighted by atomic mass is 9.86. The van der Waals surface area contributed by atoms with Gasteiger partial charge in [0.15, 0.2) is 0 Å². The largest absolute Gasteiger partial charge is 0.481 e. The highest BCUT2D eigenvalue weighted by molar-refractivity contribution is 8.08. The lowest BCUT2D eigenvalue weighted by molar-refractivity contribution is -0.138. The summed E-state index contributed by atoms with van der Waals surface area (Å²) in [5, 5.41) is 22.3. The Hall–Kier alpha value is -3.60. The summed E-state index contributed by atoms with van der Waals surface area (Å²) in [4.78, 5) is 59.4. The van der Waals surface area contributed by atoms with Crippen LogP contribution in [0.1, 0.15) is 104 Å². The third-order valence-corrected chi connectivity index (χ3v) is 11.5. The molecule has 0 radical (unpaired) electrons. The number of carboxylic acid groups (broad SMARTS) is 2. The molecule has 0 aromatic carbocycles. The molecule has 2 aromatic heterocycles. The number of nitrogens with zero attached hydrogens (tertiary/aromatic N) is 1. The molecule has 236 valence electrons. The average molecular weight is 623 g/mol. The summed E-state index contributed by atoms with van der Waals surface area (Å²) in [6, 6.07) is 0. The van der Waals surface area contributed by atoms with Crippen LogP contribution >= 0.6 is 11.8 Å². The highest BCUT2D eigenvalue weighted by Gasteiger charge is 2.67. The van der Waals surface area contributed by atoms with Crippen molar-refractivity contribution in [3.63, 3.8) is 0 Å². The summed E-state index contributed by atoms with van der Waals surface area (Å²) < 4.78 is 0. The van der Waals surface area contributed by atoms with Crippen LogP contribution in [-0.2, 0) is 44.9 Å². The minimum absolute atomic E-state index is 0.0143. The summed E-state index contributed by atoms with van der Waals surface area (Å²) in [7, 11) is 0. The van der Waals surface area contributed by atoms with E-state index in [2.05, 4.69) is 27.2 Å². The molecule has 2 fully saturated rings. The first kappa shape index (κ1) is 31.8. The highest BCUT2D eigenvalue weighted by Crippen LogP contribution is 2.70. The Labute approximate surface area is 261 Å². The molecule has 44 heavy (non-hydrogen) atoms. The van der Waals surface area contributed by atoms with Crippen LogP contribution in [0.25, 0.3) is 0 Å². The van der Waals surface area contributed by atoms with E-state index in [1.54, 1.807) is 11.8 Å². The maximum Gasteiger partial charge on any atom is 0.303 e. The standard InChI is InChI=1S/C33H42N4O6S/c1-7-19-15(3)24(36-32(19)43)13-23-16(4)20(9-11-27(38)39)25(34-23)14-26-21(10-12-28(40)41)17(5)29(35-26)30-33(44-30)22(8-2)18(6)31(42)37-33/h18,22,30,34-35H,7-14H2,1-6H3,(H,37,42)(H,38,39)(H,40,41)/t18-,22-,30+,33+/m1/s1. The molecule has 2 saturated heterocycles. The first-order valence-corrected chi connectivity index (χ1v) is 16.4. The molecular weight excluding hydrogens is 580 g/mol. The van der Waals surface area contributed by atoms with Gasteiger partial charge in [-0.15, -0.1) is 11.8 Å². The Morgan fingerprint density at radius 3 is 2.09 bits per heavy atom. The van der Waals surface area contributed by atoms with E-state index in [4.69, 9.17) is 0 Å². The van der Waals surface area contributed by atoms with E-state index in [-0.39, 0.29) is 46.6 Å². The molecule has 0 saturated carbocycles. The van der Waals surface area contributed by atoms with Crippen LogP contribution in [0.4, 0.5) is 0 Å². The van der Waals surface area contributed by atoms with Crippen molar-refractivity contribution in [3.8, 4) is 0 Å². The van der Waals surface area contributed by atoms with Gasteiger partial charge in [0.25, 0.3) is 5.91 Å². The van der Waals surface area contributed by atoms with Crippen LogP contribution in [-0.4, -0.2) is 54.5 Å². The fourth-order valence-electron chi connectivity index (χ4n) is 7.32. The number of thioether (sulfide) groups is 1. The van der Waals surface area contributed by atoms with Gasteiger partial charge in [0, 0.05) is 65.9 Å². The number of carboxylic acids is 2. The molecule has 10 nitrogen and oxygen atoms in total. The number of allylic oxidation sites excluding steroid dienone is 1. The van der Waals surface area contributed by atoms with E-state index in [0.717, 1.165) is 68.3 Å². The zero-order valence-corrected chi connectivity index (χ0v) is 27.1. The normalized spacial score (nSPS) is 24.4. The van der Waals surface area contributed by atoms with E-state index in [9.17, 15) is 29.4 Å². The number of nitrogens with one attached hydrogen (secondary N) is 3. The number of hydrogen-bond donors (Lipinski definition) is 5. The SMILES string of the molecule is CCC1=C(C)C(Cc2[nH]c(Cc3[nH]c([C@@H]4S[C@]45NC(=O)[C@H](C)[C@H]5CC)c(C)c3CCC(=O)O)c(CCC(=O)O)c2C)=NC1=O. The fraction of sp³-hybridized carbons (Fsp3) is 0.545. The number of aromatic amines is 2. The quantitative estimate of drug-likeness (QED) is 0.194. The van der Waals surface area contributed by atoms with Crippen molar-refractivity contribution in [2.24, 2.45) is 16.8 Å². The first-order valence-electron chi connectivity index (χ1n) is 15.5. The van der Waals surface area contributed by atoms with Gasteiger partial charge >= 0.3 is 11.9 Å². The van der Waals surface area contributed by atoms with Crippen molar-refractivity contribution in [1.29, 1.82) is 0 Å². The number of aliphatic imine (C=N–C) groups is 1. The van der Waals surface area contributed by atoms with Gasteiger partial charge in [0.1, 0.15) is 4.87 Å². The number of H-pyrrole nitrogens is 2. The molecule has 1 spiro atoms. The summed E-state index contributed by atoms with van der Waals surface area (Å²) in [6.07, 6.45) is 3.03. The highest BCUT2D eigenvalue weighted by atomic mass is 32.2. The van der Waals surface area contributed by atoms with Crippen molar-refractivity contribution in [2.75, 3.05) is 0 Å². The van der Waals surface area contributed by atoms with Gasteiger partial charge in [-0.1, -0.05) is 20.8 Å². The van der Waals surface area contributed by atoms with Gasteiger partial charge in [-0.05, 0) is 74.3 Å². The minimum atomic E-state index is -0.884. The Morgan fingerprint density at radius 1 is 0.909 bits per heavy atom. The molecule has 11 heteroatoms. The topological polar surface area (TPSA) is 165 Å². The van der Waals surface area contributed by atoms with E-state index in [1.807, 2.05) is 34.6 Å². The fourth-order valence-corrected chi connectivity index (χ4v) is 9.06. The van der Waals surface area contributed by atoms with Gasteiger partial charge in [0.05, 0.1) is 11.0 Å². The molecular formula is C33H42N4O6S. The molecule has 0 unspecified atom stereocenters. The molecule has 2 aromatic rings. The second-order valence-electron chi connectivity index (χ2n) is 12.4. The Kier molecular flexibility index (Phi) is 8.72. The van der Waals surface area contributed by atoms with Gasteiger partial charge in [-0.3, -0.25) is 19.2 Å². The van der Waals surface area contributed by atoms with Gasteiger partial charge in [-0.2, -0.15) is 0 Å². The second-order valence-corrected chi connectivity index (χ2v) is 13.7. The number of carbonyl (C=O) groups is 4. The third-order valence-electron chi connectivity index (χ3n) is 9.92. The zero-order valence-electron chi connectivity index (χ0n) is 26.3. The number of aromatic nitrogens is 2. The average Bonchev–Trinajstić information content (AvgIpc) is 3.16. The molecule has 0 aliphatic carbocycles. The monoisotopic (exact) mass is 622 g/mol. The number of aliphatic carboxylic acids is 2. The molecule has 4 atom stereocenters. The van der Waals surface area contributed by atoms with Gasteiger partial charge in [-0.25, -0.2) is 4.99 Å². The van der Waals surface area contributed by atoms with Crippen molar-refractivity contribution in [2.45, 2.75) is 103 Å². The van der Waals surface area contributed by atoms with E-state index in [0.29, 0.717) is 32.1 Å². The van der Waals surface area contributed by atoms with Crippen LogP contribution < -0.4 is 5.32 Å². The minimum Gasteiger partial charge on any atom is -0.481 e. The van der Waals surface area contributed by atoms with E-state index >= 15 is 0 Å². The molecule has 0 bridgehead atoms. The van der Waals surface area contributed by atoms with Crippen molar-refractivity contribution in [3.05, 3.63) is 56.2 Å². The van der Waals surface area contributed by atoms with Crippen LogP contribution in [0.15, 0.2) is 16.1 Å². The molecule has 5 N–H and O–H groups in total. The van der Waals surface area contributed by atoms with E-state index < -0.39 is 11.9 Å². The van der Waals surface area contributed by atoms with Gasteiger partial charge < -0.3 is 25.5 Å². The number of rotatable bonds is 13. The molecule has 5 rings (SSSR count). The van der Waals surface area contributed by atoms with Crippen LogP contribution in [0.3, 0.4) is 0 Å². The van der Waals surface area contributed by atoms with Crippen LogP contribution in [0.5, 0.6) is 0 Å². The maximum absolute atomic E-state index is 12.7. The summed E-state index contributed by atoms with van der Waals surface area (Å²) in [5.41, 5.74) is 9.86. The van der Waals surface area contributed by atoms with Crippen LogP contribution in [0, 0.1) is 25.7 Å². The molecule has 2 amide bonds. The van der Waals surface area contributed by atoms with E-state index in [1.165, 1.54) is 0 Å². The first-order chi connectivity index (χ1) is 20.8. The molecule has 5 heterocycles. The maximum atomic E-state index is 12.7. The van der Waals surface area contributed by atoms with Gasteiger partial charge in [0.2, 0.25) is 5.91 Å². The lowest BCUT2D eigenvalue weighted by Crippen LogP contribution is -2.32. The Bertz CT molecular complexity index is 1610. The summed E-state index contributed by atoms with van der Waals surface area (Å²) >= 11 is 1.75. The third kappa shape index (κ3) is 5.55.